The van der Waals surface area contributed by atoms with Gasteiger partial charge in [0.1, 0.15) is 30.5 Å². The van der Waals surface area contributed by atoms with Crippen LogP contribution < -0.4 is 16.4 Å². The lowest BCUT2D eigenvalue weighted by molar-refractivity contribution is -0.147. The molecule has 236 valence electrons. The molecular weight excluding hydrogens is 611 g/mol. The van der Waals surface area contributed by atoms with Crippen LogP contribution in [0.4, 0.5) is 4.39 Å². The Labute approximate surface area is 254 Å². The molecule has 4 atom stereocenters. The van der Waals surface area contributed by atoms with Gasteiger partial charge in [-0.3, -0.25) is 24.1 Å². The van der Waals surface area contributed by atoms with Crippen LogP contribution in [0.1, 0.15) is 30.9 Å². The third-order valence-corrected chi connectivity index (χ3v) is 9.15. The van der Waals surface area contributed by atoms with E-state index in [4.69, 9.17) is 20.7 Å². The highest BCUT2D eigenvalue weighted by Crippen LogP contribution is 2.39. The first-order chi connectivity index (χ1) is 20.3. The number of amides is 2. The molecule has 1 aromatic rings. The molecule has 2 rings (SSSR count). The number of esters is 1. The summed E-state index contributed by atoms with van der Waals surface area (Å²) in [6, 6.07) is 2.12. The number of piperidine rings is 1. The van der Waals surface area contributed by atoms with E-state index in [2.05, 4.69) is 10.6 Å². The van der Waals surface area contributed by atoms with Crippen molar-refractivity contribution in [3.8, 4) is 0 Å². The highest BCUT2D eigenvalue weighted by Gasteiger charge is 2.36. The zero-order valence-corrected chi connectivity index (χ0v) is 24.7. The van der Waals surface area contributed by atoms with Gasteiger partial charge in [0, 0.05) is 42.2 Å². The quantitative estimate of drug-likeness (QED) is 0.0813. The molecule has 0 radical (unpaired) electrons. The lowest BCUT2D eigenvalue weighted by atomic mass is 9.98. The van der Waals surface area contributed by atoms with E-state index < -0.39 is 71.4 Å². The first-order valence-electron chi connectivity index (χ1n) is 12.9. The topological polar surface area (TPSA) is 226 Å². The molecule has 1 heterocycles. The van der Waals surface area contributed by atoms with Gasteiger partial charge in [0.25, 0.3) is 0 Å². The van der Waals surface area contributed by atoms with Gasteiger partial charge in [0.15, 0.2) is 0 Å². The minimum atomic E-state index is -1.30. The van der Waals surface area contributed by atoms with Crippen molar-refractivity contribution in [3.05, 3.63) is 47.3 Å². The monoisotopic (exact) mass is 644 g/mol. The van der Waals surface area contributed by atoms with E-state index in [0.29, 0.717) is 12.0 Å². The number of hydrogen-bond acceptors (Lipinski definition) is 11. The van der Waals surface area contributed by atoms with Gasteiger partial charge < -0.3 is 36.4 Å². The summed E-state index contributed by atoms with van der Waals surface area (Å²) in [7, 11) is 3.51. The summed E-state index contributed by atoms with van der Waals surface area (Å²) in [6.07, 6.45) is 0.869. The molecule has 0 saturated carbocycles. The predicted octanol–water partition coefficient (Wildman–Crippen LogP) is 0.384. The van der Waals surface area contributed by atoms with E-state index in [0.717, 1.165) is 16.9 Å². The zero-order chi connectivity index (χ0) is 32.1. The smallest absolute Gasteiger partial charge is 0.328 e. The van der Waals surface area contributed by atoms with Gasteiger partial charge in [-0.2, -0.15) is 0 Å². The summed E-state index contributed by atoms with van der Waals surface area (Å²) in [6.45, 7) is -0.422. The largest absolute Gasteiger partial charge is 0.480 e. The van der Waals surface area contributed by atoms with Crippen molar-refractivity contribution in [1.82, 2.24) is 15.5 Å². The third kappa shape index (κ3) is 11.5. The number of nitrogens with zero attached hydrogens (tertiary/aromatic N) is 1. The number of ether oxygens (including phenoxy) is 1. The first kappa shape index (κ1) is 35.5. The number of hydrogen-bond donors (Lipinski definition) is 6. The number of nitrogens with two attached hydrogens (primary N) is 1. The lowest BCUT2D eigenvalue weighted by Crippen LogP contribution is -2.49. The van der Waals surface area contributed by atoms with Crippen molar-refractivity contribution < 1.29 is 53.2 Å². The molecule has 0 spiro atoms. The number of carbonyl (C=O) groups excluding carboxylic acids is 3. The molecule has 1 aliphatic rings. The van der Waals surface area contributed by atoms with E-state index in [-0.39, 0.29) is 37.2 Å². The Hall–Kier alpha value is -3.67. The van der Waals surface area contributed by atoms with Crippen LogP contribution in [0.5, 0.6) is 0 Å². The number of carboxylic acids is 3. The summed E-state index contributed by atoms with van der Waals surface area (Å²) in [4.78, 5) is 72.7. The van der Waals surface area contributed by atoms with Crippen LogP contribution in [0.3, 0.4) is 0 Å². The molecule has 43 heavy (non-hydrogen) atoms. The van der Waals surface area contributed by atoms with Crippen LogP contribution in [-0.4, -0.2) is 106 Å². The number of carbonyl (C=O) groups is 6. The number of carboxylic acid groups (broad SMARTS) is 3. The fraction of sp³-hybridized carbons (Fsp3) is 0.462. The molecule has 0 aliphatic carbocycles. The second-order valence-electron chi connectivity index (χ2n) is 9.35. The Morgan fingerprint density at radius 2 is 1.88 bits per heavy atom. The van der Waals surface area contributed by atoms with Gasteiger partial charge >= 0.3 is 23.9 Å². The number of benzene rings is 1. The Balaban J connectivity index is 2.13. The van der Waals surface area contributed by atoms with Crippen LogP contribution in [0, 0.1) is 5.82 Å². The molecular formula is C26H33FN4O10S2. The molecule has 1 saturated heterocycles. The van der Waals surface area contributed by atoms with E-state index in [1.165, 1.54) is 36.1 Å². The summed E-state index contributed by atoms with van der Waals surface area (Å²) >= 11 is 0. The van der Waals surface area contributed by atoms with Crippen molar-refractivity contribution in [2.24, 2.45) is 5.73 Å². The maximum absolute atomic E-state index is 14.6. The zero-order valence-electron chi connectivity index (χ0n) is 23.1. The van der Waals surface area contributed by atoms with Gasteiger partial charge in [-0.15, -0.1) is 0 Å². The fourth-order valence-electron chi connectivity index (χ4n) is 4.13. The van der Waals surface area contributed by atoms with E-state index in [1.54, 1.807) is 11.0 Å². The molecule has 0 bridgehead atoms. The van der Waals surface area contributed by atoms with Crippen LogP contribution in [0.15, 0.2) is 35.9 Å². The second-order valence-corrected chi connectivity index (χ2v) is 12.0. The normalized spacial score (nSPS) is 18.2. The number of likely N-dealkylation sites (tertiary alicyclic amines) is 1. The minimum absolute atomic E-state index is 0.00171. The number of aliphatic carboxylic acids is 3. The first-order valence-corrected chi connectivity index (χ1v) is 15.3. The molecule has 14 nitrogen and oxygen atoms in total. The Bertz CT molecular complexity index is 1230. The SMILES string of the molecule is COC(=O)C(c1ccccc1F)N1CCC(SSCC(NC(=O)CCC(N)C(=O)O)C(=O)NCC(=O)O)/C(=C\C(=O)O)C1. The molecule has 2 amide bonds. The molecule has 0 aromatic heterocycles. The van der Waals surface area contributed by atoms with E-state index in [1.807, 2.05) is 0 Å². The summed E-state index contributed by atoms with van der Waals surface area (Å²) in [5.41, 5.74) is 5.91. The molecule has 4 unspecified atom stereocenters. The van der Waals surface area contributed by atoms with Gasteiger partial charge in [-0.25, -0.2) is 14.0 Å². The third-order valence-electron chi connectivity index (χ3n) is 6.26. The maximum Gasteiger partial charge on any atom is 0.328 e. The average Bonchev–Trinajstić information content (AvgIpc) is 2.95. The average molecular weight is 645 g/mol. The Morgan fingerprint density at radius 3 is 2.49 bits per heavy atom. The number of halogens is 1. The Morgan fingerprint density at radius 1 is 1.19 bits per heavy atom. The molecule has 17 heteroatoms. The van der Waals surface area contributed by atoms with Crippen molar-refractivity contribution in [2.75, 3.05) is 32.5 Å². The van der Waals surface area contributed by atoms with Crippen LogP contribution in [0.25, 0.3) is 0 Å². The molecule has 1 aliphatic heterocycles. The van der Waals surface area contributed by atoms with Gasteiger partial charge in [-0.05, 0) is 24.5 Å². The summed E-state index contributed by atoms with van der Waals surface area (Å²) in [5.74, 6) is -6.66. The van der Waals surface area contributed by atoms with E-state index in [9.17, 15) is 38.3 Å². The highest BCUT2D eigenvalue weighted by atomic mass is 33.1. The van der Waals surface area contributed by atoms with E-state index >= 15 is 0 Å². The van der Waals surface area contributed by atoms with Gasteiger partial charge in [-0.1, -0.05) is 39.8 Å². The predicted molar refractivity (Wildman–Crippen MR) is 154 cm³/mol. The standard InChI is InChI=1S/C26H33FN4O10S2/c1-41-26(40)23(15-4-2-3-5-16(15)27)31-9-8-19(14(12-31)10-21(33)34)43-42-13-18(24(37)29-11-22(35)36)30-20(32)7-6-17(28)25(38)39/h2-5,10,17-19,23H,6-9,11-13,28H2,1H3,(H,29,37)(H,30,32)(H,33,34)(H,35,36)(H,38,39)/b14-10-. The van der Waals surface area contributed by atoms with Crippen LogP contribution >= 0.6 is 21.6 Å². The van der Waals surface area contributed by atoms with Crippen LogP contribution in [-0.2, 0) is 33.5 Å². The number of nitrogens with one attached hydrogen (secondary N) is 2. The molecule has 7 N–H and O–H groups in total. The summed E-state index contributed by atoms with van der Waals surface area (Å²) < 4.78 is 19.5. The lowest BCUT2D eigenvalue weighted by Gasteiger charge is -2.37. The van der Waals surface area contributed by atoms with Crippen molar-refractivity contribution in [2.45, 2.75) is 42.6 Å². The van der Waals surface area contributed by atoms with Crippen molar-refractivity contribution in [1.29, 1.82) is 0 Å². The maximum atomic E-state index is 14.6. The minimum Gasteiger partial charge on any atom is -0.480 e. The molecule has 1 aromatic carbocycles. The highest BCUT2D eigenvalue weighted by molar-refractivity contribution is 8.77. The molecule has 1 fully saturated rings. The number of rotatable bonds is 16. The number of methoxy groups -OCH3 is 1. The van der Waals surface area contributed by atoms with Crippen molar-refractivity contribution in [3.63, 3.8) is 0 Å². The fourth-order valence-corrected chi connectivity index (χ4v) is 7.01. The summed E-state index contributed by atoms with van der Waals surface area (Å²) in [5, 5.41) is 31.5. The van der Waals surface area contributed by atoms with Gasteiger partial charge in [0.2, 0.25) is 11.8 Å². The second kappa shape index (κ2) is 17.4. The van der Waals surface area contributed by atoms with Gasteiger partial charge in [0.05, 0.1) is 7.11 Å². The Kier molecular flexibility index (Phi) is 14.4. The van der Waals surface area contributed by atoms with Crippen molar-refractivity contribution >= 4 is 57.3 Å². The van der Waals surface area contributed by atoms with Crippen LogP contribution in [0.2, 0.25) is 0 Å².